The number of aromatic hydroxyl groups is 3. The highest BCUT2D eigenvalue weighted by molar-refractivity contribution is 8.76. The van der Waals surface area contributed by atoms with Crippen molar-refractivity contribution in [2.45, 2.75) is 65.2 Å². The number of hydrogen-bond acceptors (Lipinski definition) is 8. The van der Waals surface area contributed by atoms with E-state index in [1.165, 1.54) is 33.7 Å². The van der Waals surface area contributed by atoms with E-state index >= 15 is 0 Å². The Kier molecular flexibility index (Phi) is 11.8. The van der Waals surface area contributed by atoms with Crippen LogP contribution in [0.2, 0.25) is 0 Å². The van der Waals surface area contributed by atoms with Gasteiger partial charge in [-0.25, -0.2) is 0 Å². The minimum atomic E-state index is -0.820. The molecule has 0 fully saturated rings. The Morgan fingerprint density at radius 2 is 1.40 bits per heavy atom. The van der Waals surface area contributed by atoms with Gasteiger partial charge < -0.3 is 25.2 Å². The molecule has 2 aromatic carbocycles. The summed E-state index contributed by atoms with van der Waals surface area (Å²) in [5.74, 6) is 0.455. The fraction of sp³-hybridized carbons (Fsp3) is 0.462. The largest absolute Gasteiger partial charge is 0.508 e. The third kappa shape index (κ3) is 11.2. The van der Waals surface area contributed by atoms with Crippen LogP contribution in [-0.2, 0) is 20.4 Å². The average Bonchev–Trinajstić information content (AvgIpc) is 2.72. The fourth-order valence-corrected chi connectivity index (χ4v) is 4.83. The molecule has 0 aliphatic carbocycles. The van der Waals surface area contributed by atoms with E-state index in [4.69, 9.17) is 9.84 Å². The van der Waals surface area contributed by atoms with Crippen LogP contribution in [0.5, 0.6) is 23.0 Å². The molecule has 0 amide bonds. The van der Waals surface area contributed by atoms with Gasteiger partial charge in [0.05, 0.1) is 12.8 Å². The topological polar surface area (TPSA) is 124 Å². The predicted molar refractivity (Wildman–Crippen MR) is 143 cm³/mol. The van der Waals surface area contributed by atoms with Crippen molar-refractivity contribution >= 4 is 33.5 Å². The van der Waals surface area contributed by atoms with Crippen molar-refractivity contribution in [2.24, 2.45) is 0 Å². The van der Waals surface area contributed by atoms with Crippen molar-refractivity contribution in [3.05, 3.63) is 47.5 Å². The number of phenols is 3. The van der Waals surface area contributed by atoms with Crippen molar-refractivity contribution < 1.29 is 34.8 Å². The van der Waals surface area contributed by atoms with Gasteiger partial charge in [-0.15, -0.1) is 0 Å². The van der Waals surface area contributed by atoms with Gasteiger partial charge in [0, 0.05) is 22.6 Å². The second-order valence-electron chi connectivity index (χ2n) is 9.87. The summed E-state index contributed by atoms with van der Waals surface area (Å²) in [4.78, 5) is 22.3. The SMILES string of the molecule is CC(C)(C)c1cc(O)ccc1OC(=O)CCSSCCC(=O)O.CC(C)(C)c1cccc(O)c1O. The van der Waals surface area contributed by atoms with E-state index < -0.39 is 5.97 Å². The van der Waals surface area contributed by atoms with E-state index in [2.05, 4.69) is 0 Å². The molecule has 0 aliphatic heterocycles. The number of carboxylic acid groups (broad SMARTS) is 1. The van der Waals surface area contributed by atoms with Crippen LogP contribution in [0.4, 0.5) is 0 Å². The second-order valence-corrected chi connectivity index (χ2v) is 12.6. The summed E-state index contributed by atoms with van der Waals surface area (Å²) < 4.78 is 5.41. The van der Waals surface area contributed by atoms with Crippen LogP contribution in [0.3, 0.4) is 0 Å². The Hall–Kier alpha value is -2.52. The third-order valence-electron chi connectivity index (χ3n) is 4.69. The number of hydrogen-bond donors (Lipinski definition) is 4. The first-order valence-corrected chi connectivity index (χ1v) is 13.6. The Labute approximate surface area is 215 Å². The highest BCUT2D eigenvalue weighted by Crippen LogP contribution is 2.36. The Balaban J connectivity index is 0.000000427. The monoisotopic (exact) mass is 524 g/mol. The van der Waals surface area contributed by atoms with Crippen molar-refractivity contribution in [3.63, 3.8) is 0 Å². The zero-order valence-corrected chi connectivity index (χ0v) is 22.8. The Morgan fingerprint density at radius 1 is 0.829 bits per heavy atom. The van der Waals surface area contributed by atoms with E-state index in [0.717, 1.165) is 11.1 Å². The van der Waals surface area contributed by atoms with Crippen LogP contribution < -0.4 is 4.74 Å². The number of ether oxygens (including phenoxy) is 1. The van der Waals surface area contributed by atoms with Crippen LogP contribution in [0.1, 0.15) is 65.5 Å². The molecule has 9 heteroatoms. The van der Waals surface area contributed by atoms with Crippen LogP contribution >= 0.6 is 21.6 Å². The number of esters is 1. The molecule has 0 unspecified atom stereocenters. The Bertz CT molecular complexity index is 992. The summed E-state index contributed by atoms with van der Waals surface area (Å²) in [6, 6.07) is 9.73. The van der Waals surface area contributed by atoms with Crippen LogP contribution in [0, 0.1) is 0 Å². The van der Waals surface area contributed by atoms with Crippen molar-refractivity contribution in [3.8, 4) is 23.0 Å². The van der Waals surface area contributed by atoms with Gasteiger partial charge in [-0.1, -0.05) is 75.3 Å². The van der Waals surface area contributed by atoms with E-state index in [9.17, 15) is 24.9 Å². The molecule has 7 nitrogen and oxygen atoms in total. The first-order chi connectivity index (χ1) is 16.1. The van der Waals surface area contributed by atoms with E-state index in [-0.39, 0.29) is 46.9 Å². The van der Waals surface area contributed by atoms with E-state index in [0.29, 0.717) is 17.3 Å². The summed E-state index contributed by atoms with van der Waals surface area (Å²) in [7, 11) is 2.89. The molecule has 0 saturated carbocycles. The maximum absolute atomic E-state index is 11.9. The van der Waals surface area contributed by atoms with Gasteiger partial charge in [0.15, 0.2) is 11.5 Å². The molecule has 2 aromatic rings. The lowest BCUT2D eigenvalue weighted by atomic mass is 9.86. The van der Waals surface area contributed by atoms with Gasteiger partial charge in [0.2, 0.25) is 0 Å². The molecule has 0 atom stereocenters. The average molecular weight is 525 g/mol. The summed E-state index contributed by atoms with van der Waals surface area (Å²) in [6.45, 7) is 11.9. The van der Waals surface area contributed by atoms with Gasteiger partial charge in [-0.2, -0.15) is 0 Å². The molecule has 0 spiro atoms. The molecule has 0 aliphatic rings. The summed E-state index contributed by atoms with van der Waals surface area (Å²) >= 11 is 0. The van der Waals surface area contributed by atoms with Crippen molar-refractivity contribution in [1.82, 2.24) is 0 Å². The molecular weight excluding hydrogens is 488 g/mol. The van der Waals surface area contributed by atoms with Gasteiger partial charge >= 0.3 is 11.9 Å². The third-order valence-corrected chi connectivity index (χ3v) is 7.10. The number of aliphatic carboxylic acids is 1. The van der Waals surface area contributed by atoms with Crippen molar-refractivity contribution in [2.75, 3.05) is 11.5 Å². The maximum Gasteiger partial charge on any atom is 0.312 e. The second kappa shape index (κ2) is 13.5. The van der Waals surface area contributed by atoms with E-state index in [1.54, 1.807) is 18.2 Å². The summed E-state index contributed by atoms with van der Waals surface area (Å²) in [5, 5.41) is 36.8. The predicted octanol–water partition coefficient (Wildman–Crippen LogP) is 6.24. The number of carbonyl (C=O) groups is 2. The molecule has 2 rings (SSSR count). The van der Waals surface area contributed by atoms with Crippen LogP contribution in [0.25, 0.3) is 0 Å². The molecular formula is C26H36O7S2. The molecule has 4 N–H and O–H groups in total. The first kappa shape index (κ1) is 30.5. The van der Waals surface area contributed by atoms with E-state index in [1.807, 2.05) is 47.6 Å². The summed E-state index contributed by atoms with van der Waals surface area (Å²) in [5.41, 5.74) is 1.15. The first-order valence-electron chi connectivity index (χ1n) is 11.1. The standard InChI is InChI=1S/C16H22O5S2.C10H14O2/c1-16(2,3)12-10-11(17)4-5-13(12)21-15(20)7-9-23-22-8-6-14(18)19;1-10(2,3)7-5-4-6-8(11)9(7)12/h4-5,10,17H,6-9H2,1-3H3,(H,18,19);4-6,11-12H,1-3H3. The molecule has 0 radical (unpaired) electrons. The number of benzene rings is 2. The number of carboxylic acids is 1. The van der Waals surface area contributed by atoms with Crippen LogP contribution in [-0.4, -0.2) is 43.9 Å². The lowest BCUT2D eigenvalue weighted by Gasteiger charge is -2.22. The normalized spacial score (nSPS) is 11.4. The molecule has 0 heterocycles. The molecule has 0 aromatic heterocycles. The zero-order valence-electron chi connectivity index (χ0n) is 21.1. The smallest absolute Gasteiger partial charge is 0.312 e. The zero-order chi connectivity index (χ0) is 26.8. The van der Waals surface area contributed by atoms with Gasteiger partial charge in [-0.3, -0.25) is 9.59 Å². The highest BCUT2D eigenvalue weighted by atomic mass is 33.1. The number of para-hydroxylation sites is 1. The van der Waals surface area contributed by atoms with Crippen molar-refractivity contribution in [1.29, 1.82) is 0 Å². The number of carbonyl (C=O) groups excluding carboxylic acids is 1. The molecule has 35 heavy (non-hydrogen) atoms. The van der Waals surface area contributed by atoms with Crippen LogP contribution in [0.15, 0.2) is 36.4 Å². The van der Waals surface area contributed by atoms with Gasteiger partial charge in [-0.05, 0) is 35.1 Å². The molecule has 0 bridgehead atoms. The van der Waals surface area contributed by atoms with Gasteiger partial charge in [0.1, 0.15) is 11.5 Å². The lowest BCUT2D eigenvalue weighted by Crippen LogP contribution is -2.16. The maximum atomic E-state index is 11.9. The summed E-state index contributed by atoms with van der Waals surface area (Å²) in [6.07, 6.45) is 0.361. The fourth-order valence-electron chi connectivity index (χ4n) is 2.88. The lowest BCUT2D eigenvalue weighted by molar-refractivity contribution is -0.136. The molecule has 0 saturated heterocycles. The highest BCUT2D eigenvalue weighted by Gasteiger charge is 2.21. The minimum Gasteiger partial charge on any atom is -0.508 e. The Morgan fingerprint density at radius 3 is 1.91 bits per heavy atom. The minimum absolute atomic E-state index is 0.00926. The number of rotatable bonds is 8. The number of phenolic OH excluding ortho intramolecular Hbond substituents is 3. The molecule has 194 valence electrons. The van der Waals surface area contributed by atoms with Gasteiger partial charge in [0.25, 0.3) is 0 Å². The quantitative estimate of drug-likeness (QED) is 0.104.